The van der Waals surface area contributed by atoms with E-state index in [-0.39, 0.29) is 25.2 Å². The molecule has 0 atom stereocenters. The number of fused-ring (bicyclic) bond motifs is 1. The van der Waals surface area contributed by atoms with Gasteiger partial charge < -0.3 is 18.5 Å². The number of terminal acetylenes is 1. The van der Waals surface area contributed by atoms with Gasteiger partial charge >= 0.3 is 7.60 Å². The molecule has 0 spiro atoms. The number of carbonyl (C=O) groups excluding carboxylic acids is 2. The summed E-state index contributed by atoms with van der Waals surface area (Å²) in [5.74, 6) is 3.16. The van der Waals surface area contributed by atoms with Crippen LogP contribution in [0.3, 0.4) is 0 Å². The van der Waals surface area contributed by atoms with Crippen molar-refractivity contribution in [3.8, 4) is 12.3 Å². The van der Waals surface area contributed by atoms with Crippen LogP contribution in [-0.4, -0.2) is 66.3 Å². The third-order valence-electron chi connectivity index (χ3n) is 6.58. The van der Waals surface area contributed by atoms with Crippen LogP contribution in [0.4, 0.5) is 5.82 Å². The van der Waals surface area contributed by atoms with Crippen LogP contribution < -0.4 is 4.90 Å². The van der Waals surface area contributed by atoms with Crippen molar-refractivity contribution in [2.75, 3.05) is 44.4 Å². The molecular formula is C30H39N4O5P. The van der Waals surface area contributed by atoms with Crippen molar-refractivity contribution in [1.82, 2.24) is 14.5 Å². The molecule has 0 fully saturated rings. The lowest BCUT2D eigenvalue weighted by atomic mass is 10.0. The molecule has 10 heteroatoms. The smallest absolute Gasteiger partial charge is 0.329 e. The molecule has 0 aliphatic rings. The van der Waals surface area contributed by atoms with Crippen molar-refractivity contribution in [2.45, 2.75) is 46.6 Å². The maximum atomic E-state index is 13.6. The largest absolute Gasteiger partial charge is 0.330 e. The van der Waals surface area contributed by atoms with Gasteiger partial charge in [-0.05, 0) is 49.9 Å². The molecule has 2 amide bonds. The molecule has 9 nitrogen and oxygen atoms in total. The van der Waals surface area contributed by atoms with Crippen LogP contribution in [0.25, 0.3) is 10.8 Å². The standard InChI is InChI=1S/C30H39N4O5P/c1-6-19-32(5)30(36)28-29(33(23-35)20-12-13-21-40(37,38-8-3)39-9-4)31-27(34(28)7-2)22-25-17-14-16-24-15-10-11-18-26(24)25/h1,10-11,14-18,23H,7-9,12-13,19-22H2,2-5H3. The second-order valence-electron chi connectivity index (χ2n) is 9.30. The third kappa shape index (κ3) is 7.39. The van der Waals surface area contributed by atoms with E-state index in [9.17, 15) is 14.2 Å². The van der Waals surface area contributed by atoms with E-state index in [2.05, 4.69) is 30.2 Å². The van der Waals surface area contributed by atoms with E-state index < -0.39 is 7.60 Å². The number of anilines is 1. The Labute approximate surface area is 237 Å². The van der Waals surface area contributed by atoms with E-state index in [0.717, 1.165) is 16.3 Å². The fourth-order valence-corrected chi connectivity index (χ4v) is 6.47. The van der Waals surface area contributed by atoms with Gasteiger partial charge in [0.05, 0.1) is 25.9 Å². The van der Waals surface area contributed by atoms with Gasteiger partial charge in [-0.1, -0.05) is 48.4 Å². The van der Waals surface area contributed by atoms with Crippen LogP contribution in [0.1, 0.15) is 55.5 Å². The van der Waals surface area contributed by atoms with E-state index in [4.69, 9.17) is 20.5 Å². The number of unbranched alkanes of at least 4 members (excludes halogenated alkanes) is 1. The number of carbonyl (C=O) groups is 2. The highest BCUT2D eigenvalue weighted by atomic mass is 31.2. The number of amides is 2. The average molecular weight is 567 g/mol. The van der Waals surface area contributed by atoms with E-state index in [1.54, 1.807) is 20.9 Å². The molecule has 3 aromatic rings. The monoisotopic (exact) mass is 566 g/mol. The molecular weight excluding hydrogens is 527 g/mol. The maximum absolute atomic E-state index is 13.6. The summed E-state index contributed by atoms with van der Waals surface area (Å²) in [7, 11) is -1.55. The predicted molar refractivity (Wildman–Crippen MR) is 159 cm³/mol. The highest BCUT2D eigenvalue weighted by Crippen LogP contribution is 2.48. The lowest BCUT2D eigenvalue weighted by Crippen LogP contribution is -2.32. The quantitative estimate of drug-likeness (QED) is 0.100. The molecule has 0 unspecified atom stereocenters. The second-order valence-corrected chi connectivity index (χ2v) is 11.5. The normalized spacial score (nSPS) is 11.4. The van der Waals surface area contributed by atoms with Crippen LogP contribution in [0, 0.1) is 12.3 Å². The summed E-state index contributed by atoms with van der Waals surface area (Å²) < 4.78 is 25.4. The second kappa shape index (κ2) is 14.8. The first-order valence-electron chi connectivity index (χ1n) is 13.7. The van der Waals surface area contributed by atoms with Crippen LogP contribution >= 0.6 is 7.60 Å². The summed E-state index contributed by atoms with van der Waals surface area (Å²) in [5.41, 5.74) is 1.39. The Morgan fingerprint density at radius 2 is 1.80 bits per heavy atom. The summed E-state index contributed by atoms with van der Waals surface area (Å²) in [5, 5.41) is 2.22. The fraction of sp³-hybridized carbons (Fsp3) is 0.433. The number of hydrogen-bond acceptors (Lipinski definition) is 6. The van der Waals surface area contributed by atoms with Gasteiger partial charge in [-0.15, -0.1) is 6.42 Å². The van der Waals surface area contributed by atoms with E-state index >= 15 is 0 Å². The zero-order chi connectivity index (χ0) is 29.1. The number of benzene rings is 2. The minimum Gasteiger partial charge on any atom is -0.329 e. The molecule has 3 rings (SSSR count). The van der Waals surface area contributed by atoms with Gasteiger partial charge in [-0.2, -0.15) is 0 Å². The highest BCUT2D eigenvalue weighted by molar-refractivity contribution is 7.53. The number of nitrogens with zero attached hydrogens (tertiary/aromatic N) is 4. The molecule has 0 bridgehead atoms. The average Bonchev–Trinajstić information content (AvgIpc) is 3.31. The van der Waals surface area contributed by atoms with Gasteiger partial charge in [0, 0.05) is 26.6 Å². The van der Waals surface area contributed by atoms with Gasteiger partial charge in [0.15, 0.2) is 11.5 Å². The van der Waals surface area contributed by atoms with Crippen molar-refractivity contribution in [2.24, 2.45) is 0 Å². The first-order chi connectivity index (χ1) is 19.3. The molecule has 0 saturated heterocycles. The molecule has 0 aliphatic heterocycles. The van der Waals surface area contributed by atoms with Gasteiger partial charge in [0.1, 0.15) is 5.82 Å². The molecule has 1 aromatic heterocycles. The van der Waals surface area contributed by atoms with Crippen LogP contribution in [0.5, 0.6) is 0 Å². The third-order valence-corrected chi connectivity index (χ3v) is 8.75. The first-order valence-corrected chi connectivity index (χ1v) is 15.4. The van der Waals surface area contributed by atoms with Crippen molar-refractivity contribution in [1.29, 1.82) is 0 Å². The summed E-state index contributed by atoms with van der Waals surface area (Å²) in [6.45, 7) is 6.97. The van der Waals surface area contributed by atoms with Crippen LogP contribution in [-0.2, 0) is 31.4 Å². The van der Waals surface area contributed by atoms with Crippen molar-refractivity contribution in [3.05, 3.63) is 59.5 Å². The SMILES string of the molecule is C#CCN(C)C(=O)c1c(N(C=O)CCCCP(=O)(OCC)OCC)nc(Cc2cccc3ccccc23)n1CC. The Bertz CT molecular complexity index is 1380. The number of imidazole rings is 1. The Morgan fingerprint density at radius 1 is 1.10 bits per heavy atom. The molecule has 214 valence electrons. The predicted octanol–water partition coefficient (Wildman–Crippen LogP) is 5.36. The molecule has 0 N–H and O–H groups in total. The Hall–Kier alpha value is -3.44. The molecule has 0 aliphatic carbocycles. The van der Waals surface area contributed by atoms with Crippen molar-refractivity contribution in [3.63, 3.8) is 0 Å². The minimum atomic E-state index is -3.18. The Morgan fingerprint density at radius 3 is 2.45 bits per heavy atom. The lowest BCUT2D eigenvalue weighted by molar-refractivity contribution is -0.107. The number of rotatable bonds is 16. The van der Waals surface area contributed by atoms with Gasteiger partial charge in [-0.25, -0.2) is 4.98 Å². The van der Waals surface area contributed by atoms with Crippen LogP contribution in [0.2, 0.25) is 0 Å². The molecule has 40 heavy (non-hydrogen) atoms. The van der Waals surface area contributed by atoms with E-state index in [1.165, 1.54) is 9.80 Å². The zero-order valence-electron chi connectivity index (χ0n) is 23.8. The number of hydrogen-bond donors (Lipinski definition) is 0. The summed E-state index contributed by atoms with van der Waals surface area (Å²) in [6.07, 6.45) is 7.93. The zero-order valence-corrected chi connectivity index (χ0v) is 24.7. The van der Waals surface area contributed by atoms with Gasteiger partial charge in [-0.3, -0.25) is 19.1 Å². The first kappa shape index (κ1) is 31.1. The van der Waals surface area contributed by atoms with Gasteiger partial charge in [0.2, 0.25) is 6.41 Å². The summed E-state index contributed by atoms with van der Waals surface area (Å²) in [6, 6.07) is 14.2. The molecule has 0 saturated carbocycles. The van der Waals surface area contributed by atoms with Crippen molar-refractivity contribution < 1.29 is 23.2 Å². The Balaban J connectivity index is 1.95. The van der Waals surface area contributed by atoms with Gasteiger partial charge in [0.25, 0.3) is 5.91 Å². The molecule has 0 radical (unpaired) electrons. The minimum absolute atomic E-state index is 0.122. The van der Waals surface area contributed by atoms with Crippen molar-refractivity contribution >= 4 is 36.5 Å². The summed E-state index contributed by atoms with van der Waals surface area (Å²) >= 11 is 0. The van der Waals surface area contributed by atoms with E-state index in [1.807, 2.05) is 29.7 Å². The fourth-order valence-electron chi connectivity index (χ4n) is 4.73. The van der Waals surface area contributed by atoms with E-state index in [0.29, 0.717) is 62.8 Å². The van der Waals surface area contributed by atoms with Crippen LogP contribution in [0.15, 0.2) is 42.5 Å². The number of aromatic nitrogens is 2. The highest BCUT2D eigenvalue weighted by Gasteiger charge is 2.29. The Kier molecular flexibility index (Phi) is 11.5. The molecule has 2 aromatic carbocycles. The molecule has 1 heterocycles. The topological polar surface area (TPSA) is 94.0 Å². The summed E-state index contributed by atoms with van der Waals surface area (Å²) in [4.78, 5) is 33.7. The lowest BCUT2D eigenvalue weighted by Gasteiger charge is -2.21. The maximum Gasteiger partial charge on any atom is 0.330 e.